The first-order valence-corrected chi connectivity index (χ1v) is 20.6. The summed E-state index contributed by atoms with van der Waals surface area (Å²) in [6.45, 7) is 16.2. The number of benzene rings is 3. The van der Waals surface area contributed by atoms with Crippen molar-refractivity contribution < 1.29 is 9.16 Å². The van der Waals surface area contributed by atoms with Gasteiger partial charge in [-0.1, -0.05) is 93.0 Å². The lowest BCUT2D eigenvalue weighted by Crippen LogP contribution is -2.71. The molecule has 266 valence electrons. The molecule has 1 aliphatic carbocycles. The van der Waals surface area contributed by atoms with Gasteiger partial charge in [0.2, 0.25) is 0 Å². The number of rotatable bonds is 9. The zero-order valence-electron chi connectivity index (χ0n) is 30.4. The number of anilines is 3. The van der Waals surface area contributed by atoms with Gasteiger partial charge in [-0.25, -0.2) is 4.98 Å². The molecule has 0 radical (unpaired) electrons. The van der Waals surface area contributed by atoms with Gasteiger partial charge in [0.25, 0.3) is 8.32 Å². The molecule has 0 unspecified atom stereocenters. The molecule has 0 spiro atoms. The summed E-state index contributed by atoms with van der Waals surface area (Å²) in [5, 5.41) is 13.5. The lowest BCUT2D eigenvalue weighted by molar-refractivity contribution is 0.0165. The van der Waals surface area contributed by atoms with E-state index in [0.29, 0.717) is 19.3 Å². The number of aromatic nitrogens is 3. The molecular weight excluding hydrogens is 672 g/mol. The summed E-state index contributed by atoms with van der Waals surface area (Å²) >= 11 is 6.97. The maximum absolute atomic E-state index is 7.68. The zero-order valence-corrected chi connectivity index (χ0v) is 32.2. The van der Waals surface area contributed by atoms with Crippen LogP contribution in [0.1, 0.15) is 52.3 Å². The van der Waals surface area contributed by atoms with Crippen LogP contribution in [0, 0.1) is 6.92 Å². The summed E-state index contributed by atoms with van der Waals surface area (Å²) in [5.41, 5.74) is 2.95. The summed E-state index contributed by atoms with van der Waals surface area (Å²) in [6.07, 6.45) is 6.15. The molecule has 3 aliphatic rings. The standard InChI is InChI=1S/C41H49ClN6O2Si/c1-29-36(26-44-48(29)32-16-17-32)45-39-24-30-23-37(35(42)22-31(30)25-43-39)46-18-20-47(21-19-46)41(5)28-49-27-38(41)50-51(40(2,3)4,33-12-8-6-9-13-33)34-14-10-7-11-15-34/h6-15,22-26,32,38H,16-21,27-28H2,1-5H3,(H,43,45)/t38-,41+/m0/s1. The van der Waals surface area contributed by atoms with Gasteiger partial charge in [0.1, 0.15) is 5.82 Å². The van der Waals surface area contributed by atoms with Gasteiger partial charge in [0.05, 0.1) is 59.2 Å². The number of pyridine rings is 1. The van der Waals surface area contributed by atoms with Gasteiger partial charge in [-0.3, -0.25) is 9.58 Å². The fraction of sp³-hybridized carbons (Fsp3) is 0.415. The monoisotopic (exact) mass is 720 g/mol. The Kier molecular flexibility index (Phi) is 8.99. The van der Waals surface area contributed by atoms with Gasteiger partial charge in [-0.15, -0.1) is 0 Å². The smallest absolute Gasteiger partial charge is 0.261 e. The van der Waals surface area contributed by atoms with Gasteiger partial charge in [0, 0.05) is 37.8 Å². The van der Waals surface area contributed by atoms with Crippen molar-refractivity contribution in [2.24, 2.45) is 0 Å². The predicted molar refractivity (Wildman–Crippen MR) is 211 cm³/mol. The summed E-state index contributed by atoms with van der Waals surface area (Å²) < 4.78 is 16.1. The minimum Gasteiger partial charge on any atom is -0.400 e. The van der Waals surface area contributed by atoms with Crippen molar-refractivity contribution in [1.82, 2.24) is 19.7 Å². The minimum atomic E-state index is -2.75. The van der Waals surface area contributed by atoms with Crippen molar-refractivity contribution in [1.29, 1.82) is 0 Å². The Morgan fingerprint density at radius 2 is 1.57 bits per heavy atom. The molecule has 2 aromatic heterocycles. The van der Waals surface area contributed by atoms with Crippen molar-refractivity contribution in [2.75, 3.05) is 49.6 Å². The van der Waals surface area contributed by atoms with Crippen LogP contribution in [0.15, 0.2) is 91.3 Å². The van der Waals surface area contributed by atoms with Crippen molar-refractivity contribution >= 4 is 58.3 Å². The van der Waals surface area contributed by atoms with E-state index in [4.69, 9.17) is 25.7 Å². The number of fused-ring (bicyclic) bond motifs is 1. The van der Waals surface area contributed by atoms with Crippen LogP contribution in [0.25, 0.3) is 10.8 Å². The van der Waals surface area contributed by atoms with Crippen LogP contribution in [0.5, 0.6) is 0 Å². The second-order valence-corrected chi connectivity index (χ2v) is 20.4. The normalized spacial score (nSPS) is 21.8. The van der Waals surface area contributed by atoms with E-state index in [9.17, 15) is 0 Å². The SMILES string of the molecule is Cc1c(Nc2cc3cc(N4CCN([C@]5(C)COC[C@@H]5O[Si](c5ccccc5)(c5ccccc5)C(C)(C)C)CC4)c(Cl)cc3cn2)cnn1C1CC1. The average Bonchev–Trinajstić information content (AvgIpc) is 3.82. The molecule has 51 heavy (non-hydrogen) atoms. The fourth-order valence-corrected chi connectivity index (χ4v) is 13.4. The molecular formula is C41H49ClN6O2Si. The molecule has 0 bridgehead atoms. The Bertz CT molecular complexity index is 1970. The second-order valence-electron chi connectivity index (χ2n) is 15.8. The molecule has 10 heteroatoms. The highest BCUT2D eigenvalue weighted by atomic mass is 35.5. The molecule has 3 aromatic carbocycles. The van der Waals surface area contributed by atoms with Crippen LogP contribution < -0.4 is 20.6 Å². The van der Waals surface area contributed by atoms with Crippen molar-refractivity contribution in [3.63, 3.8) is 0 Å². The number of halogens is 1. The van der Waals surface area contributed by atoms with Crippen LogP contribution in [0.4, 0.5) is 17.2 Å². The van der Waals surface area contributed by atoms with E-state index in [1.165, 1.54) is 23.2 Å². The fourth-order valence-electron chi connectivity index (χ4n) is 8.30. The third-order valence-electron chi connectivity index (χ3n) is 11.4. The van der Waals surface area contributed by atoms with Gasteiger partial charge < -0.3 is 19.4 Å². The molecule has 2 saturated heterocycles. The van der Waals surface area contributed by atoms with E-state index in [1.807, 2.05) is 18.5 Å². The predicted octanol–water partition coefficient (Wildman–Crippen LogP) is 7.33. The average molecular weight is 721 g/mol. The largest absolute Gasteiger partial charge is 0.400 e. The number of nitrogens with one attached hydrogen (secondary N) is 1. The first-order valence-electron chi connectivity index (χ1n) is 18.3. The first kappa shape index (κ1) is 34.4. The maximum Gasteiger partial charge on any atom is 0.261 e. The molecule has 2 atom stereocenters. The summed E-state index contributed by atoms with van der Waals surface area (Å²) in [5.74, 6) is 0.806. The number of hydrogen-bond acceptors (Lipinski definition) is 7. The third kappa shape index (κ3) is 6.27. The Hall–Kier alpha value is -3.73. The molecule has 5 aromatic rings. The molecule has 8 nitrogen and oxygen atoms in total. The van der Waals surface area contributed by atoms with Crippen LogP contribution in [-0.4, -0.2) is 79.0 Å². The van der Waals surface area contributed by atoms with Crippen molar-refractivity contribution in [3.8, 4) is 0 Å². The first-order chi connectivity index (χ1) is 24.6. The Balaban J connectivity index is 1.02. The number of nitrogens with zero attached hydrogens (tertiary/aromatic N) is 5. The van der Waals surface area contributed by atoms with Crippen molar-refractivity contribution in [2.45, 2.75) is 70.2 Å². The molecule has 0 amide bonds. The molecule has 2 aliphatic heterocycles. The lowest BCUT2D eigenvalue weighted by Gasteiger charge is -2.50. The van der Waals surface area contributed by atoms with E-state index in [1.54, 1.807) is 0 Å². The molecule has 4 heterocycles. The van der Waals surface area contributed by atoms with Gasteiger partial charge in [0.15, 0.2) is 0 Å². The molecule has 1 N–H and O–H groups in total. The molecule has 3 fully saturated rings. The van der Waals surface area contributed by atoms with E-state index in [2.05, 4.69) is 132 Å². The highest BCUT2D eigenvalue weighted by molar-refractivity contribution is 6.99. The Labute approximate surface area is 307 Å². The Morgan fingerprint density at radius 3 is 2.20 bits per heavy atom. The van der Waals surface area contributed by atoms with Crippen LogP contribution >= 0.6 is 11.6 Å². The van der Waals surface area contributed by atoms with Crippen LogP contribution in [0.3, 0.4) is 0 Å². The van der Waals surface area contributed by atoms with E-state index >= 15 is 0 Å². The van der Waals surface area contributed by atoms with E-state index in [-0.39, 0.29) is 16.7 Å². The quantitative estimate of drug-likeness (QED) is 0.160. The maximum atomic E-state index is 7.68. The molecule has 8 rings (SSSR count). The van der Waals surface area contributed by atoms with E-state index in [0.717, 1.165) is 64.9 Å². The number of hydrogen-bond donors (Lipinski definition) is 1. The topological polar surface area (TPSA) is 67.7 Å². The number of ether oxygens (including phenoxy) is 1. The van der Waals surface area contributed by atoms with Gasteiger partial charge >= 0.3 is 0 Å². The minimum absolute atomic E-state index is 0.0713. The highest BCUT2D eigenvalue weighted by Gasteiger charge is 2.56. The summed E-state index contributed by atoms with van der Waals surface area (Å²) in [4.78, 5) is 9.72. The van der Waals surface area contributed by atoms with Crippen molar-refractivity contribution in [3.05, 3.63) is 102 Å². The van der Waals surface area contributed by atoms with Gasteiger partial charge in [-0.05, 0) is 65.7 Å². The summed E-state index contributed by atoms with van der Waals surface area (Å²) in [6, 6.07) is 28.8. The summed E-state index contributed by atoms with van der Waals surface area (Å²) in [7, 11) is -2.75. The van der Waals surface area contributed by atoms with Crippen LogP contribution in [-0.2, 0) is 9.16 Å². The van der Waals surface area contributed by atoms with Gasteiger partial charge in [-0.2, -0.15) is 5.10 Å². The van der Waals surface area contributed by atoms with Crippen LogP contribution in [0.2, 0.25) is 10.1 Å². The highest BCUT2D eigenvalue weighted by Crippen LogP contribution is 2.42. The lowest BCUT2D eigenvalue weighted by atomic mass is 9.95. The second kappa shape index (κ2) is 13.4. The zero-order chi connectivity index (χ0) is 35.4. The van der Waals surface area contributed by atoms with E-state index < -0.39 is 8.32 Å². The number of piperazine rings is 1. The third-order valence-corrected chi connectivity index (χ3v) is 16.8. The Morgan fingerprint density at radius 1 is 0.902 bits per heavy atom. The molecule has 1 saturated carbocycles.